The number of phenols is 1. The number of benzene rings is 4. The Bertz CT molecular complexity index is 2270. The molecule has 0 aliphatic carbocycles. The van der Waals surface area contributed by atoms with Crippen molar-refractivity contribution in [2.75, 3.05) is 41.7 Å². The molecule has 8 rings (SSSR count). The number of aromatic hydroxyl groups is 1. The minimum atomic E-state index is -0.485. The SMILES string of the molecule is CC(C)(C)CN1CCC2(CC1)CN(c1ccccc1NC(=O)Nc1nc3ccc(F)cc3s1)c1c(O)ccc(-c3nc4ccc(F)cc4s3)c12. The average Bonchev–Trinajstić information content (AvgIpc) is 3.76. The van der Waals surface area contributed by atoms with E-state index in [1.54, 1.807) is 18.2 Å². The molecule has 4 heterocycles. The van der Waals surface area contributed by atoms with Gasteiger partial charge in [-0.3, -0.25) is 5.32 Å². The number of hydrogen-bond donors (Lipinski definition) is 3. The predicted molar refractivity (Wildman–Crippen MR) is 199 cm³/mol. The van der Waals surface area contributed by atoms with Gasteiger partial charge in [-0.2, -0.15) is 0 Å². The topological polar surface area (TPSA) is 93.6 Å². The summed E-state index contributed by atoms with van der Waals surface area (Å²) in [7, 11) is 0. The summed E-state index contributed by atoms with van der Waals surface area (Å²) in [6, 6.07) is 19.7. The largest absolute Gasteiger partial charge is 0.506 e. The first-order chi connectivity index (χ1) is 23.9. The zero-order valence-electron chi connectivity index (χ0n) is 27.9. The number of anilines is 4. The molecule has 2 aromatic heterocycles. The van der Waals surface area contributed by atoms with Crippen molar-refractivity contribution in [1.82, 2.24) is 14.9 Å². The third kappa shape index (κ3) is 6.05. The van der Waals surface area contributed by atoms with E-state index in [2.05, 4.69) is 46.2 Å². The van der Waals surface area contributed by atoms with Gasteiger partial charge in [0.25, 0.3) is 0 Å². The van der Waals surface area contributed by atoms with Gasteiger partial charge in [0.1, 0.15) is 22.4 Å². The van der Waals surface area contributed by atoms with E-state index in [-0.39, 0.29) is 28.2 Å². The Morgan fingerprint density at radius 3 is 2.30 bits per heavy atom. The van der Waals surface area contributed by atoms with Crippen LogP contribution in [-0.4, -0.2) is 52.2 Å². The molecule has 1 spiro atoms. The van der Waals surface area contributed by atoms with E-state index in [0.29, 0.717) is 33.3 Å². The van der Waals surface area contributed by atoms with Crippen LogP contribution in [-0.2, 0) is 5.41 Å². The van der Waals surface area contributed by atoms with Gasteiger partial charge in [-0.25, -0.2) is 23.5 Å². The smallest absolute Gasteiger partial charge is 0.325 e. The minimum absolute atomic E-state index is 0.144. The molecule has 6 aromatic rings. The zero-order chi connectivity index (χ0) is 34.8. The molecule has 8 nitrogen and oxygen atoms in total. The highest BCUT2D eigenvalue weighted by atomic mass is 32.1. The van der Waals surface area contributed by atoms with Gasteiger partial charge < -0.3 is 20.2 Å². The molecule has 3 N–H and O–H groups in total. The highest BCUT2D eigenvalue weighted by molar-refractivity contribution is 7.22. The number of likely N-dealkylation sites (tertiary alicyclic amines) is 1. The van der Waals surface area contributed by atoms with Crippen molar-refractivity contribution in [3.05, 3.63) is 90.0 Å². The number of thiazole rings is 2. The van der Waals surface area contributed by atoms with E-state index >= 15 is 0 Å². The minimum Gasteiger partial charge on any atom is -0.506 e. The van der Waals surface area contributed by atoms with Crippen molar-refractivity contribution in [2.24, 2.45) is 5.41 Å². The second kappa shape index (κ2) is 12.3. The fourth-order valence-corrected chi connectivity index (χ4v) is 9.39. The number of piperidine rings is 1. The first-order valence-electron chi connectivity index (χ1n) is 16.6. The Balaban J connectivity index is 1.18. The maximum absolute atomic E-state index is 14.2. The molecule has 0 bridgehead atoms. The molecule has 1 fully saturated rings. The molecule has 4 aromatic carbocycles. The molecular weight excluding hydrogens is 675 g/mol. The van der Waals surface area contributed by atoms with Crippen LogP contribution in [0.1, 0.15) is 39.2 Å². The second-order valence-corrected chi connectivity index (χ2v) is 16.5. The summed E-state index contributed by atoms with van der Waals surface area (Å²) in [4.78, 5) is 27.4. The summed E-state index contributed by atoms with van der Waals surface area (Å²) < 4.78 is 29.4. The van der Waals surface area contributed by atoms with Crippen LogP contribution in [0, 0.1) is 17.0 Å². The molecule has 256 valence electrons. The fraction of sp³-hybridized carbons (Fsp3) is 0.289. The Kier molecular flexibility index (Phi) is 8.00. The number of hydrogen-bond acceptors (Lipinski definition) is 8. The number of aromatic nitrogens is 2. The normalized spacial score (nSPS) is 16.0. The third-order valence-corrected chi connectivity index (χ3v) is 11.5. The molecule has 2 aliphatic heterocycles. The van der Waals surface area contributed by atoms with Gasteiger partial charge in [0.2, 0.25) is 0 Å². The van der Waals surface area contributed by atoms with Gasteiger partial charge in [0.05, 0.1) is 37.5 Å². The van der Waals surface area contributed by atoms with E-state index < -0.39 is 6.03 Å². The number of nitrogens with one attached hydrogen (secondary N) is 2. The van der Waals surface area contributed by atoms with Crippen LogP contribution in [0.3, 0.4) is 0 Å². The molecule has 2 aliphatic rings. The molecule has 1 saturated heterocycles. The Hall–Kier alpha value is -4.65. The predicted octanol–water partition coefficient (Wildman–Crippen LogP) is 9.73. The monoisotopic (exact) mass is 710 g/mol. The Labute approximate surface area is 296 Å². The van der Waals surface area contributed by atoms with Gasteiger partial charge >= 0.3 is 6.03 Å². The summed E-state index contributed by atoms with van der Waals surface area (Å²) in [5, 5.41) is 18.6. The lowest BCUT2D eigenvalue weighted by molar-refractivity contribution is 0.125. The average molecular weight is 711 g/mol. The molecule has 0 atom stereocenters. The van der Waals surface area contributed by atoms with E-state index in [0.717, 1.165) is 64.5 Å². The van der Waals surface area contributed by atoms with Crippen LogP contribution in [0.25, 0.3) is 31.0 Å². The van der Waals surface area contributed by atoms with Crippen molar-refractivity contribution in [1.29, 1.82) is 0 Å². The van der Waals surface area contributed by atoms with Crippen molar-refractivity contribution >= 4 is 71.3 Å². The van der Waals surface area contributed by atoms with Crippen molar-refractivity contribution in [2.45, 2.75) is 39.0 Å². The standard InChI is InChI=1S/C38H36F2N6O2S2/c1-37(2,3)20-45-16-14-38(15-17-45)21-46(33-29(47)13-10-24(32(33)38)34-41-26-11-8-22(39)18-30(26)49-34)28-7-5-4-6-25(28)42-35(48)44-36-43-27-12-9-23(40)19-31(27)50-36/h4-13,18-19,47H,14-17,20-21H2,1-3H3,(H2,42,43,44,48). The zero-order valence-corrected chi connectivity index (χ0v) is 29.5. The van der Waals surface area contributed by atoms with Crippen molar-refractivity contribution < 1.29 is 18.7 Å². The molecule has 2 amide bonds. The number of fused-ring (bicyclic) bond motifs is 4. The summed E-state index contributed by atoms with van der Waals surface area (Å²) in [5.41, 5.74) is 5.15. The molecule has 0 saturated carbocycles. The Morgan fingerprint density at radius 1 is 0.900 bits per heavy atom. The maximum Gasteiger partial charge on any atom is 0.325 e. The highest BCUT2D eigenvalue weighted by Gasteiger charge is 2.49. The number of carbonyl (C=O) groups is 1. The van der Waals surface area contributed by atoms with Gasteiger partial charge in [-0.15, -0.1) is 11.3 Å². The maximum atomic E-state index is 14.2. The number of nitrogens with zero attached hydrogens (tertiary/aromatic N) is 4. The molecule has 12 heteroatoms. The van der Waals surface area contributed by atoms with Crippen LogP contribution in [0.2, 0.25) is 0 Å². The summed E-state index contributed by atoms with van der Waals surface area (Å²) in [6.07, 6.45) is 1.74. The number of rotatable bonds is 5. The van der Waals surface area contributed by atoms with Gasteiger partial charge in [0.15, 0.2) is 5.13 Å². The van der Waals surface area contributed by atoms with Gasteiger partial charge in [-0.05, 0) is 97.6 Å². The van der Waals surface area contributed by atoms with Crippen LogP contribution >= 0.6 is 22.7 Å². The fourth-order valence-electron chi connectivity index (χ4n) is 7.48. The van der Waals surface area contributed by atoms with Crippen molar-refractivity contribution in [3.63, 3.8) is 0 Å². The van der Waals surface area contributed by atoms with Crippen LogP contribution in [0.4, 0.5) is 35.8 Å². The lowest BCUT2D eigenvalue weighted by Crippen LogP contribution is -2.47. The van der Waals surface area contributed by atoms with E-state index in [1.807, 2.05) is 30.3 Å². The lowest BCUT2D eigenvalue weighted by Gasteiger charge is -2.42. The number of amides is 2. The second-order valence-electron chi connectivity index (χ2n) is 14.4. The van der Waals surface area contributed by atoms with E-state index in [4.69, 9.17) is 4.98 Å². The third-order valence-electron chi connectivity index (χ3n) is 9.52. The number of phenolic OH excluding ortho intramolecular Hbond substituents is 1. The van der Waals surface area contributed by atoms with Crippen LogP contribution in [0.15, 0.2) is 72.8 Å². The first-order valence-corrected chi connectivity index (χ1v) is 18.2. The quantitative estimate of drug-likeness (QED) is 0.165. The highest BCUT2D eigenvalue weighted by Crippen LogP contribution is 2.57. The van der Waals surface area contributed by atoms with Gasteiger partial charge in [0, 0.05) is 24.1 Å². The lowest BCUT2D eigenvalue weighted by atomic mass is 9.72. The molecule has 0 radical (unpaired) electrons. The number of carbonyl (C=O) groups excluding carboxylic acids is 1. The van der Waals surface area contributed by atoms with Crippen LogP contribution < -0.4 is 15.5 Å². The number of urea groups is 1. The van der Waals surface area contributed by atoms with Crippen LogP contribution in [0.5, 0.6) is 5.75 Å². The molecule has 50 heavy (non-hydrogen) atoms. The van der Waals surface area contributed by atoms with Gasteiger partial charge in [-0.1, -0.05) is 44.2 Å². The van der Waals surface area contributed by atoms with E-state index in [9.17, 15) is 18.7 Å². The van der Waals surface area contributed by atoms with E-state index in [1.165, 1.54) is 46.9 Å². The molecular formula is C38H36F2N6O2S2. The Morgan fingerprint density at radius 2 is 1.58 bits per heavy atom. The molecule has 0 unspecified atom stereocenters. The van der Waals surface area contributed by atoms with Crippen molar-refractivity contribution in [3.8, 4) is 16.3 Å². The first kappa shape index (κ1) is 32.5. The number of para-hydroxylation sites is 2. The summed E-state index contributed by atoms with van der Waals surface area (Å²) >= 11 is 2.65. The summed E-state index contributed by atoms with van der Waals surface area (Å²) in [6.45, 7) is 10.2. The number of halogens is 2. The summed E-state index contributed by atoms with van der Waals surface area (Å²) in [5.74, 6) is -0.522.